The van der Waals surface area contributed by atoms with Crippen LogP contribution < -0.4 is 0 Å². The highest BCUT2D eigenvalue weighted by atomic mass is 16.5. The van der Waals surface area contributed by atoms with Gasteiger partial charge >= 0.3 is 5.97 Å². The van der Waals surface area contributed by atoms with Crippen LogP contribution in [0.1, 0.15) is 59.3 Å². The average Bonchev–Trinajstić information content (AvgIpc) is 2.76. The predicted octanol–water partition coefficient (Wildman–Crippen LogP) is 2.66. The molecule has 0 radical (unpaired) electrons. The molecule has 2 aliphatic carbocycles. The minimum atomic E-state index is -0.451. The largest absolute Gasteiger partial charge is 0.461 e. The van der Waals surface area contributed by atoms with Crippen molar-refractivity contribution >= 4 is 5.97 Å². The van der Waals surface area contributed by atoms with Gasteiger partial charge in [0.2, 0.25) is 0 Å². The van der Waals surface area contributed by atoms with Crippen molar-refractivity contribution in [3.63, 3.8) is 0 Å². The molecule has 2 rings (SSSR count). The molecule has 1 spiro atoms. The first kappa shape index (κ1) is 12.9. The number of carbonyl (C=O) groups is 1. The maximum atomic E-state index is 12.0. The van der Waals surface area contributed by atoms with E-state index >= 15 is 0 Å². The number of aliphatic hydroxyl groups excluding tert-OH is 1. The zero-order valence-corrected chi connectivity index (χ0v) is 11.2. The van der Waals surface area contributed by atoms with Gasteiger partial charge in [-0.15, -0.1) is 0 Å². The third kappa shape index (κ3) is 2.22. The Bertz CT molecular complexity index is 301. The third-order valence-electron chi connectivity index (χ3n) is 4.39. The van der Waals surface area contributed by atoms with Crippen molar-refractivity contribution in [3.8, 4) is 0 Å². The lowest BCUT2D eigenvalue weighted by Crippen LogP contribution is -2.41. The van der Waals surface area contributed by atoms with E-state index in [0.29, 0.717) is 0 Å². The van der Waals surface area contributed by atoms with Gasteiger partial charge in [-0.1, -0.05) is 6.42 Å². The van der Waals surface area contributed by atoms with Crippen LogP contribution in [-0.4, -0.2) is 23.3 Å². The second-order valence-corrected chi connectivity index (χ2v) is 6.68. The van der Waals surface area contributed by atoms with E-state index in [-0.39, 0.29) is 23.6 Å². The van der Waals surface area contributed by atoms with Gasteiger partial charge in [0.15, 0.2) is 0 Å². The Hall–Kier alpha value is -0.570. The number of hydrogen-bond donors (Lipinski definition) is 1. The molecule has 3 heteroatoms. The van der Waals surface area contributed by atoms with Crippen LogP contribution in [0.5, 0.6) is 0 Å². The molecule has 0 aromatic rings. The number of rotatable bonds is 1. The average molecular weight is 240 g/mol. The van der Waals surface area contributed by atoms with Crippen molar-refractivity contribution in [1.82, 2.24) is 0 Å². The van der Waals surface area contributed by atoms with Gasteiger partial charge in [0.05, 0.1) is 11.5 Å². The summed E-state index contributed by atoms with van der Waals surface area (Å²) >= 11 is 0. The number of carbonyl (C=O) groups excluding carboxylic acids is 1. The maximum Gasteiger partial charge on any atom is 0.311 e. The van der Waals surface area contributed by atoms with Crippen molar-refractivity contribution < 1.29 is 14.6 Å². The zero-order valence-electron chi connectivity index (χ0n) is 11.2. The summed E-state index contributed by atoms with van der Waals surface area (Å²) in [5.41, 5.74) is -0.575. The van der Waals surface area contributed by atoms with E-state index in [2.05, 4.69) is 0 Å². The van der Waals surface area contributed by atoms with Gasteiger partial charge < -0.3 is 9.84 Å². The molecule has 0 saturated heterocycles. The topological polar surface area (TPSA) is 46.5 Å². The molecule has 3 atom stereocenters. The molecule has 2 fully saturated rings. The van der Waals surface area contributed by atoms with Crippen LogP contribution in [0.3, 0.4) is 0 Å². The number of aliphatic hydroxyl groups is 1. The molecular formula is C14H24O3. The van der Waals surface area contributed by atoms with Gasteiger partial charge in [0.1, 0.15) is 6.10 Å². The maximum absolute atomic E-state index is 12.0. The molecule has 17 heavy (non-hydrogen) atoms. The molecule has 0 amide bonds. The molecule has 98 valence electrons. The van der Waals surface area contributed by atoms with E-state index in [0.717, 1.165) is 38.5 Å². The number of esters is 1. The van der Waals surface area contributed by atoms with E-state index in [9.17, 15) is 9.90 Å². The van der Waals surface area contributed by atoms with Crippen LogP contribution in [0, 0.1) is 10.8 Å². The Morgan fingerprint density at radius 3 is 2.35 bits per heavy atom. The molecular weight excluding hydrogens is 216 g/mol. The van der Waals surface area contributed by atoms with Gasteiger partial charge in [0.25, 0.3) is 0 Å². The Morgan fingerprint density at radius 1 is 1.24 bits per heavy atom. The summed E-state index contributed by atoms with van der Waals surface area (Å²) in [5.74, 6) is -0.136. The SMILES string of the molecule is CC(C)(C)C(=O)O[C@H]1CCC[C@]12CCC[C@@H]2O. The summed E-state index contributed by atoms with van der Waals surface area (Å²) in [6.07, 6.45) is 5.59. The molecule has 3 nitrogen and oxygen atoms in total. The van der Waals surface area contributed by atoms with E-state index in [1.807, 2.05) is 20.8 Å². The van der Waals surface area contributed by atoms with E-state index in [1.54, 1.807) is 0 Å². The molecule has 0 bridgehead atoms. The minimum Gasteiger partial charge on any atom is -0.461 e. The smallest absolute Gasteiger partial charge is 0.311 e. The van der Waals surface area contributed by atoms with Crippen LogP contribution in [0.2, 0.25) is 0 Å². The van der Waals surface area contributed by atoms with E-state index < -0.39 is 5.41 Å². The molecule has 1 N–H and O–H groups in total. The fourth-order valence-corrected chi connectivity index (χ4v) is 3.29. The van der Waals surface area contributed by atoms with Crippen LogP contribution in [0.25, 0.3) is 0 Å². The summed E-state index contributed by atoms with van der Waals surface area (Å²) in [7, 11) is 0. The fourth-order valence-electron chi connectivity index (χ4n) is 3.29. The molecule has 0 aromatic heterocycles. The van der Waals surface area contributed by atoms with Crippen LogP contribution in [0.15, 0.2) is 0 Å². The molecule has 0 heterocycles. The Morgan fingerprint density at radius 2 is 1.82 bits per heavy atom. The van der Waals surface area contributed by atoms with Crippen molar-refractivity contribution in [3.05, 3.63) is 0 Å². The van der Waals surface area contributed by atoms with Gasteiger partial charge in [-0.2, -0.15) is 0 Å². The quantitative estimate of drug-likeness (QED) is 0.717. The first-order valence-corrected chi connectivity index (χ1v) is 6.75. The highest BCUT2D eigenvalue weighted by molar-refractivity contribution is 5.75. The monoisotopic (exact) mass is 240 g/mol. The summed E-state index contributed by atoms with van der Waals surface area (Å²) in [6.45, 7) is 5.63. The van der Waals surface area contributed by atoms with Gasteiger partial charge in [-0.25, -0.2) is 0 Å². The lowest BCUT2D eigenvalue weighted by molar-refractivity contribution is -0.167. The standard InChI is InChI=1S/C14H24O3/c1-13(2,3)12(16)17-11-7-5-9-14(11)8-4-6-10(14)15/h10-11,15H,4-9H2,1-3H3/t10-,11-,14-/m0/s1. The van der Waals surface area contributed by atoms with Gasteiger partial charge in [-0.3, -0.25) is 4.79 Å². The van der Waals surface area contributed by atoms with Crippen molar-refractivity contribution in [2.75, 3.05) is 0 Å². The predicted molar refractivity (Wildman–Crippen MR) is 65.5 cm³/mol. The molecule has 2 aliphatic rings. The summed E-state index contributed by atoms with van der Waals surface area (Å²) in [4.78, 5) is 12.0. The molecule has 2 saturated carbocycles. The zero-order chi connectivity index (χ0) is 12.7. The number of ether oxygens (including phenoxy) is 1. The molecule has 0 aromatic carbocycles. The molecule has 0 aliphatic heterocycles. The van der Waals surface area contributed by atoms with Crippen molar-refractivity contribution in [1.29, 1.82) is 0 Å². The van der Waals surface area contributed by atoms with Crippen LogP contribution >= 0.6 is 0 Å². The van der Waals surface area contributed by atoms with E-state index in [4.69, 9.17) is 4.74 Å². The second-order valence-electron chi connectivity index (χ2n) is 6.68. The van der Waals surface area contributed by atoms with Crippen molar-refractivity contribution in [2.45, 2.75) is 71.5 Å². The van der Waals surface area contributed by atoms with Crippen LogP contribution in [0.4, 0.5) is 0 Å². The third-order valence-corrected chi connectivity index (χ3v) is 4.39. The van der Waals surface area contributed by atoms with Crippen molar-refractivity contribution in [2.24, 2.45) is 10.8 Å². The molecule has 0 unspecified atom stereocenters. The summed E-state index contributed by atoms with van der Waals surface area (Å²) in [6, 6.07) is 0. The first-order valence-electron chi connectivity index (χ1n) is 6.75. The van der Waals surface area contributed by atoms with Gasteiger partial charge in [-0.05, 0) is 52.9 Å². The Balaban J connectivity index is 2.08. The summed E-state index contributed by atoms with van der Waals surface area (Å²) < 4.78 is 5.68. The normalized spacial score (nSPS) is 37.6. The highest BCUT2D eigenvalue weighted by Crippen LogP contribution is 2.52. The Labute approximate surface area is 104 Å². The minimum absolute atomic E-state index is 0.0632. The lowest BCUT2D eigenvalue weighted by Gasteiger charge is -2.35. The Kier molecular flexibility index (Phi) is 3.23. The summed E-state index contributed by atoms with van der Waals surface area (Å²) in [5, 5.41) is 10.2. The second kappa shape index (κ2) is 4.27. The lowest BCUT2D eigenvalue weighted by atomic mass is 9.80. The first-order chi connectivity index (χ1) is 7.86. The van der Waals surface area contributed by atoms with Gasteiger partial charge in [0, 0.05) is 5.41 Å². The van der Waals surface area contributed by atoms with E-state index in [1.165, 1.54) is 0 Å². The van der Waals surface area contributed by atoms with Crippen LogP contribution in [-0.2, 0) is 9.53 Å². The fraction of sp³-hybridized carbons (Fsp3) is 0.929. The highest BCUT2D eigenvalue weighted by Gasteiger charge is 2.53. The number of hydrogen-bond acceptors (Lipinski definition) is 3.